The van der Waals surface area contributed by atoms with Crippen LogP contribution >= 0.6 is 11.6 Å². The van der Waals surface area contributed by atoms with Gasteiger partial charge in [-0.3, -0.25) is 0 Å². The number of aryl methyl sites for hydroxylation is 2. The zero-order valence-corrected chi connectivity index (χ0v) is 17.8. The SMILES string of the molecule is Cc1ccc(Oc2nc3cc(-c4ccc(C5(CO)CC5)cc4)c(Cl)cc3[nH]2)cc1C. The monoisotopic (exact) mass is 418 g/mol. The van der Waals surface area contributed by atoms with Crippen molar-refractivity contribution < 1.29 is 9.84 Å². The Balaban J connectivity index is 1.45. The van der Waals surface area contributed by atoms with Crippen molar-refractivity contribution in [1.29, 1.82) is 0 Å². The highest BCUT2D eigenvalue weighted by Crippen LogP contribution is 2.48. The average molecular weight is 419 g/mol. The Morgan fingerprint density at radius 3 is 2.47 bits per heavy atom. The van der Waals surface area contributed by atoms with Gasteiger partial charge in [-0.1, -0.05) is 41.9 Å². The van der Waals surface area contributed by atoms with Crippen LogP contribution < -0.4 is 4.74 Å². The Morgan fingerprint density at radius 2 is 1.80 bits per heavy atom. The van der Waals surface area contributed by atoms with Gasteiger partial charge in [0, 0.05) is 11.0 Å². The molecular formula is C25H23ClN2O2. The lowest BCUT2D eigenvalue weighted by atomic mass is 9.94. The molecule has 1 fully saturated rings. The van der Waals surface area contributed by atoms with E-state index >= 15 is 0 Å². The summed E-state index contributed by atoms with van der Waals surface area (Å²) in [5.74, 6) is 0.747. The molecule has 1 aliphatic rings. The number of rotatable bonds is 5. The molecule has 4 aromatic rings. The van der Waals surface area contributed by atoms with E-state index in [1.54, 1.807) is 0 Å². The van der Waals surface area contributed by atoms with Crippen LogP contribution in [0.1, 0.15) is 29.5 Å². The third-order valence-corrected chi connectivity index (χ3v) is 6.52. The number of hydrogen-bond acceptors (Lipinski definition) is 3. The lowest BCUT2D eigenvalue weighted by Gasteiger charge is -2.13. The molecule has 0 saturated heterocycles. The number of aromatic amines is 1. The lowest BCUT2D eigenvalue weighted by Crippen LogP contribution is -2.11. The lowest BCUT2D eigenvalue weighted by molar-refractivity contribution is 0.255. The highest BCUT2D eigenvalue weighted by atomic mass is 35.5. The zero-order valence-electron chi connectivity index (χ0n) is 17.0. The molecule has 30 heavy (non-hydrogen) atoms. The largest absolute Gasteiger partial charge is 0.426 e. The fraction of sp³-hybridized carbons (Fsp3) is 0.240. The van der Waals surface area contributed by atoms with Crippen molar-refractivity contribution >= 4 is 22.6 Å². The number of aromatic nitrogens is 2. The van der Waals surface area contributed by atoms with Crippen LogP contribution in [0, 0.1) is 13.8 Å². The second-order valence-electron chi connectivity index (χ2n) is 8.26. The minimum absolute atomic E-state index is 0.0327. The number of nitrogens with zero attached hydrogens (tertiary/aromatic N) is 1. The molecule has 1 heterocycles. The molecule has 0 unspecified atom stereocenters. The maximum Gasteiger partial charge on any atom is 0.300 e. The normalized spacial score (nSPS) is 14.8. The van der Waals surface area contributed by atoms with Crippen molar-refractivity contribution in [3.05, 3.63) is 76.3 Å². The van der Waals surface area contributed by atoms with E-state index in [0.29, 0.717) is 11.0 Å². The maximum absolute atomic E-state index is 9.65. The number of imidazole rings is 1. The fourth-order valence-electron chi connectivity index (χ4n) is 3.86. The van der Waals surface area contributed by atoms with Crippen molar-refractivity contribution in [1.82, 2.24) is 9.97 Å². The van der Waals surface area contributed by atoms with E-state index in [2.05, 4.69) is 48.1 Å². The van der Waals surface area contributed by atoms with Gasteiger partial charge in [0.15, 0.2) is 0 Å². The van der Waals surface area contributed by atoms with Crippen molar-refractivity contribution in [3.63, 3.8) is 0 Å². The molecular weight excluding hydrogens is 396 g/mol. The van der Waals surface area contributed by atoms with Gasteiger partial charge in [0.05, 0.1) is 22.7 Å². The van der Waals surface area contributed by atoms with Gasteiger partial charge < -0.3 is 14.8 Å². The van der Waals surface area contributed by atoms with Gasteiger partial charge >= 0.3 is 0 Å². The number of aliphatic hydroxyl groups is 1. The zero-order chi connectivity index (χ0) is 20.9. The van der Waals surface area contributed by atoms with Crippen LogP contribution in [-0.2, 0) is 5.41 Å². The number of aliphatic hydroxyl groups excluding tert-OH is 1. The van der Waals surface area contributed by atoms with E-state index in [1.807, 2.05) is 30.3 Å². The molecule has 4 nitrogen and oxygen atoms in total. The first kappa shape index (κ1) is 19.2. The standard InChI is InChI=1S/C25H23ClN2O2/c1-15-3-8-19(11-16(15)2)30-24-27-22-12-20(21(26)13-23(22)28-24)17-4-6-18(7-5-17)25(14-29)9-10-25/h3-8,11-13,29H,9-10,14H2,1-2H3,(H,27,28). The van der Waals surface area contributed by atoms with Crippen LogP contribution in [0.5, 0.6) is 11.8 Å². The van der Waals surface area contributed by atoms with E-state index in [1.165, 1.54) is 16.7 Å². The molecule has 1 saturated carbocycles. The number of halogens is 1. The number of H-pyrrole nitrogens is 1. The van der Waals surface area contributed by atoms with Crippen LogP contribution in [0.2, 0.25) is 5.02 Å². The predicted octanol–water partition coefficient (Wildman–Crippen LogP) is 6.32. The van der Waals surface area contributed by atoms with Gasteiger partial charge in [0.1, 0.15) is 5.75 Å². The van der Waals surface area contributed by atoms with Crippen LogP contribution in [0.25, 0.3) is 22.2 Å². The van der Waals surface area contributed by atoms with Gasteiger partial charge in [-0.2, -0.15) is 4.98 Å². The molecule has 0 bridgehead atoms. The minimum Gasteiger partial charge on any atom is -0.426 e. The minimum atomic E-state index is -0.0327. The molecule has 1 aromatic heterocycles. The summed E-state index contributed by atoms with van der Waals surface area (Å²) in [6, 6.07) is 18.6. The number of nitrogens with one attached hydrogen (secondary N) is 1. The van der Waals surface area contributed by atoms with Crippen LogP contribution in [0.3, 0.4) is 0 Å². The van der Waals surface area contributed by atoms with Gasteiger partial charge in [0.25, 0.3) is 6.01 Å². The first-order valence-corrected chi connectivity index (χ1v) is 10.5. The van der Waals surface area contributed by atoms with Crippen molar-refractivity contribution in [3.8, 4) is 22.9 Å². The quantitative estimate of drug-likeness (QED) is 0.399. The van der Waals surface area contributed by atoms with Crippen LogP contribution in [-0.4, -0.2) is 21.7 Å². The highest BCUT2D eigenvalue weighted by molar-refractivity contribution is 6.34. The molecule has 3 aromatic carbocycles. The Hall–Kier alpha value is -2.82. The molecule has 5 rings (SSSR count). The molecule has 5 heteroatoms. The average Bonchev–Trinajstić information content (AvgIpc) is 3.45. The van der Waals surface area contributed by atoms with Crippen LogP contribution in [0.15, 0.2) is 54.6 Å². The summed E-state index contributed by atoms with van der Waals surface area (Å²) in [5, 5.41) is 10.3. The summed E-state index contributed by atoms with van der Waals surface area (Å²) in [6.45, 7) is 4.34. The molecule has 0 aliphatic heterocycles. The Kier molecular flexibility index (Phi) is 4.57. The van der Waals surface area contributed by atoms with Crippen molar-refractivity contribution in [2.24, 2.45) is 0 Å². The summed E-state index contributed by atoms with van der Waals surface area (Å²) in [6.07, 6.45) is 2.10. The number of benzene rings is 3. The molecule has 152 valence electrons. The van der Waals surface area contributed by atoms with Crippen molar-refractivity contribution in [2.45, 2.75) is 32.1 Å². The number of ether oxygens (including phenoxy) is 1. The summed E-state index contributed by atoms with van der Waals surface area (Å²) >= 11 is 6.59. The van der Waals surface area contributed by atoms with E-state index in [9.17, 15) is 5.11 Å². The third-order valence-electron chi connectivity index (χ3n) is 6.21. The molecule has 1 aliphatic carbocycles. The Labute approximate surface area is 180 Å². The predicted molar refractivity (Wildman–Crippen MR) is 121 cm³/mol. The van der Waals surface area contributed by atoms with Gasteiger partial charge in [-0.05, 0) is 73.2 Å². The third kappa shape index (κ3) is 3.36. The van der Waals surface area contributed by atoms with E-state index in [0.717, 1.165) is 40.8 Å². The summed E-state index contributed by atoms with van der Waals surface area (Å²) < 4.78 is 5.92. The number of fused-ring (bicyclic) bond motifs is 1. The number of hydrogen-bond donors (Lipinski definition) is 2. The maximum atomic E-state index is 9.65. The second-order valence-corrected chi connectivity index (χ2v) is 8.66. The highest BCUT2D eigenvalue weighted by Gasteiger charge is 2.43. The van der Waals surface area contributed by atoms with Gasteiger partial charge in [-0.25, -0.2) is 0 Å². The van der Waals surface area contributed by atoms with E-state index < -0.39 is 0 Å². The first-order valence-electron chi connectivity index (χ1n) is 10.1. The topological polar surface area (TPSA) is 58.1 Å². The first-order chi connectivity index (χ1) is 14.5. The Bertz CT molecular complexity index is 1240. The summed E-state index contributed by atoms with van der Waals surface area (Å²) in [5.41, 5.74) is 7.13. The molecule has 0 amide bonds. The molecule has 0 atom stereocenters. The van der Waals surface area contributed by atoms with Gasteiger partial charge in [-0.15, -0.1) is 0 Å². The molecule has 0 radical (unpaired) electrons. The van der Waals surface area contributed by atoms with E-state index in [-0.39, 0.29) is 12.0 Å². The van der Waals surface area contributed by atoms with Crippen LogP contribution in [0.4, 0.5) is 0 Å². The van der Waals surface area contributed by atoms with E-state index in [4.69, 9.17) is 16.3 Å². The summed E-state index contributed by atoms with van der Waals surface area (Å²) in [4.78, 5) is 7.79. The second kappa shape index (κ2) is 7.15. The Morgan fingerprint density at radius 1 is 1.03 bits per heavy atom. The molecule has 0 spiro atoms. The van der Waals surface area contributed by atoms with Gasteiger partial charge in [0.2, 0.25) is 0 Å². The summed E-state index contributed by atoms with van der Waals surface area (Å²) in [7, 11) is 0. The van der Waals surface area contributed by atoms with Crippen molar-refractivity contribution in [2.75, 3.05) is 6.61 Å². The fourth-order valence-corrected chi connectivity index (χ4v) is 4.13. The smallest absolute Gasteiger partial charge is 0.300 e. The molecule has 2 N–H and O–H groups in total.